The van der Waals surface area contributed by atoms with Crippen LogP contribution >= 0.6 is 0 Å². The largest absolute Gasteiger partial charge is 0.506 e. The summed E-state index contributed by atoms with van der Waals surface area (Å²) in [4.78, 5) is 27.8. The van der Waals surface area contributed by atoms with Gasteiger partial charge in [0, 0.05) is 23.9 Å². The minimum Gasteiger partial charge on any atom is -0.506 e. The molecule has 2 amide bonds. The third-order valence-corrected chi connectivity index (χ3v) is 6.21. The first-order valence-electron chi connectivity index (χ1n) is 10.7. The highest BCUT2D eigenvalue weighted by atomic mass is 16.3. The van der Waals surface area contributed by atoms with E-state index >= 15 is 0 Å². The van der Waals surface area contributed by atoms with Crippen molar-refractivity contribution in [2.75, 3.05) is 13.1 Å². The van der Waals surface area contributed by atoms with Crippen LogP contribution in [0.25, 0.3) is 10.8 Å². The zero-order chi connectivity index (χ0) is 22.0. The molecule has 0 aliphatic carbocycles. The third kappa shape index (κ3) is 4.13. The number of rotatable bonds is 5. The lowest BCUT2D eigenvalue weighted by atomic mass is 9.84. The Morgan fingerprint density at radius 2 is 1.74 bits per heavy atom. The van der Waals surface area contributed by atoms with E-state index in [1.165, 1.54) is 0 Å². The molecule has 31 heavy (non-hydrogen) atoms. The maximum atomic E-state index is 13.2. The van der Waals surface area contributed by atoms with Crippen molar-refractivity contribution in [3.63, 3.8) is 0 Å². The van der Waals surface area contributed by atoms with Crippen LogP contribution in [-0.4, -0.2) is 41.0 Å². The van der Waals surface area contributed by atoms with Gasteiger partial charge in [0.15, 0.2) is 0 Å². The molecule has 2 N–H and O–H groups in total. The molecule has 1 heterocycles. The summed E-state index contributed by atoms with van der Waals surface area (Å²) in [7, 11) is 0. The Morgan fingerprint density at radius 3 is 2.52 bits per heavy atom. The summed E-state index contributed by atoms with van der Waals surface area (Å²) in [5.41, 5.74) is 1.17. The number of nitrogens with zero attached hydrogens (tertiary/aromatic N) is 1. The van der Waals surface area contributed by atoms with E-state index in [9.17, 15) is 14.7 Å². The van der Waals surface area contributed by atoms with Gasteiger partial charge in [-0.2, -0.15) is 0 Å². The lowest BCUT2D eigenvalue weighted by molar-refractivity contribution is -0.125. The number of hydrogen-bond acceptors (Lipinski definition) is 3. The number of likely N-dealkylation sites (tertiary alicyclic amines) is 1. The molecular weight excluding hydrogens is 388 g/mol. The van der Waals surface area contributed by atoms with Crippen LogP contribution < -0.4 is 5.32 Å². The molecule has 3 aromatic rings. The molecule has 160 valence electrons. The van der Waals surface area contributed by atoms with E-state index in [2.05, 4.69) is 31.3 Å². The van der Waals surface area contributed by atoms with E-state index in [1.807, 2.05) is 42.5 Å². The minimum atomic E-state index is -0.523. The zero-order valence-electron chi connectivity index (χ0n) is 18.0. The molecule has 0 saturated carbocycles. The second-order valence-corrected chi connectivity index (χ2v) is 8.81. The van der Waals surface area contributed by atoms with Gasteiger partial charge in [-0.05, 0) is 29.9 Å². The average molecular weight is 417 g/mol. The summed E-state index contributed by atoms with van der Waals surface area (Å²) in [5.74, 6) is -0.474. The molecule has 3 aromatic carbocycles. The lowest BCUT2D eigenvalue weighted by Gasteiger charge is -2.29. The number of hydrogen-bond donors (Lipinski definition) is 2. The van der Waals surface area contributed by atoms with Crippen LogP contribution in [0.3, 0.4) is 0 Å². The number of nitrogens with one attached hydrogen (secondary N) is 1. The van der Waals surface area contributed by atoms with Crippen LogP contribution in [0.5, 0.6) is 5.75 Å². The van der Waals surface area contributed by atoms with Gasteiger partial charge >= 0.3 is 0 Å². The summed E-state index contributed by atoms with van der Waals surface area (Å²) in [6.45, 7) is 5.17. The van der Waals surface area contributed by atoms with Crippen LogP contribution in [-0.2, 0) is 10.2 Å². The fraction of sp³-hybridized carbons (Fsp3) is 0.308. The SMILES string of the molecule is CC(C)(CNC(=O)C1CCCN1C(=O)c1ccc2ccccc2c1O)c1ccccc1. The Kier molecular flexibility index (Phi) is 5.68. The van der Waals surface area contributed by atoms with E-state index in [-0.39, 0.29) is 28.5 Å². The molecule has 4 rings (SSSR count). The molecule has 0 bridgehead atoms. The minimum absolute atomic E-state index is 0.0284. The standard InChI is InChI=1S/C26H28N2O3/c1-26(2,19-10-4-3-5-11-19)17-27-24(30)22-13-8-16-28(22)25(31)21-15-14-18-9-6-7-12-20(18)23(21)29/h3-7,9-12,14-15,22,29H,8,13,16-17H2,1-2H3,(H,27,30). The highest BCUT2D eigenvalue weighted by Gasteiger charge is 2.36. The maximum Gasteiger partial charge on any atom is 0.258 e. The van der Waals surface area contributed by atoms with E-state index in [0.717, 1.165) is 17.4 Å². The number of carbonyl (C=O) groups excluding carboxylic acids is 2. The van der Waals surface area contributed by atoms with Crippen LogP contribution in [0.15, 0.2) is 66.7 Å². The van der Waals surface area contributed by atoms with Gasteiger partial charge in [0.25, 0.3) is 5.91 Å². The van der Waals surface area contributed by atoms with Crippen molar-refractivity contribution in [3.8, 4) is 5.75 Å². The van der Waals surface area contributed by atoms with Gasteiger partial charge in [-0.15, -0.1) is 0 Å². The number of phenols is 1. The molecule has 1 aliphatic heterocycles. The lowest BCUT2D eigenvalue weighted by Crippen LogP contribution is -2.48. The first-order chi connectivity index (χ1) is 14.9. The van der Waals surface area contributed by atoms with E-state index < -0.39 is 6.04 Å². The van der Waals surface area contributed by atoms with Gasteiger partial charge in [0.05, 0.1) is 5.56 Å². The number of aromatic hydroxyl groups is 1. The maximum absolute atomic E-state index is 13.2. The van der Waals surface area contributed by atoms with Crippen molar-refractivity contribution < 1.29 is 14.7 Å². The van der Waals surface area contributed by atoms with Gasteiger partial charge in [0.1, 0.15) is 11.8 Å². The molecular formula is C26H28N2O3. The molecule has 1 unspecified atom stereocenters. The molecule has 5 nitrogen and oxygen atoms in total. The fourth-order valence-corrected chi connectivity index (χ4v) is 4.28. The monoisotopic (exact) mass is 416 g/mol. The summed E-state index contributed by atoms with van der Waals surface area (Å²) in [6, 6.07) is 20.4. The molecule has 5 heteroatoms. The predicted octanol–water partition coefficient (Wildman–Crippen LogP) is 4.24. The molecule has 0 radical (unpaired) electrons. The van der Waals surface area contributed by atoms with Gasteiger partial charge in [0.2, 0.25) is 5.91 Å². The Morgan fingerprint density at radius 1 is 1.03 bits per heavy atom. The normalized spacial score (nSPS) is 16.5. The number of carbonyl (C=O) groups is 2. The molecule has 0 aromatic heterocycles. The second kappa shape index (κ2) is 8.42. The molecule has 1 atom stereocenters. The Bertz CT molecular complexity index is 1110. The van der Waals surface area contributed by atoms with Gasteiger partial charge in [-0.25, -0.2) is 0 Å². The zero-order valence-corrected chi connectivity index (χ0v) is 18.0. The van der Waals surface area contributed by atoms with Gasteiger partial charge < -0.3 is 15.3 Å². The summed E-state index contributed by atoms with van der Waals surface area (Å²) in [5, 5.41) is 15.2. The topological polar surface area (TPSA) is 69.6 Å². The summed E-state index contributed by atoms with van der Waals surface area (Å²) < 4.78 is 0. The number of benzene rings is 3. The van der Waals surface area contributed by atoms with Crippen LogP contribution in [0.4, 0.5) is 0 Å². The Balaban J connectivity index is 1.49. The quantitative estimate of drug-likeness (QED) is 0.653. The van der Waals surface area contributed by atoms with Crippen LogP contribution in [0, 0.1) is 0 Å². The summed E-state index contributed by atoms with van der Waals surface area (Å²) >= 11 is 0. The first kappa shape index (κ1) is 20.9. The van der Waals surface area contributed by atoms with E-state index in [0.29, 0.717) is 24.9 Å². The molecule has 0 spiro atoms. The van der Waals surface area contributed by atoms with Crippen molar-refractivity contribution >= 4 is 22.6 Å². The second-order valence-electron chi connectivity index (χ2n) is 8.81. The number of fused-ring (bicyclic) bond motifs is 1. The van der Waals surface area contributed by atoms with E-state index in [4.69, 9.17) is 0 Å². The van der Waals surface area contributed by atoms with Crippen molar-refractivity contribution in [2.45, 2.75) is 38.1 Å². The molecule has 1 aliphatic rings. The average Bonchev–Trinajstić information content (AvgIpc) is 3.28. The highest BCUT2D eigenvalue weighted by Crippen LogP contribution is 2.31. The predicted molar refractivity (Wildman–Crippen MR) is 122 cm³/mol. The smallest absolute Gasteiger partial charge is 0.258 e. The first-order valence-corrected chi connectivity index (χ1v) is 10.7. The van der Waals surface area contributed by atoms with Crippen molar-refractivity contribution in [3.05, 3.63) is 77.9 Å². The third-order valence-electron chi connectivity index (χ3n) is 6.21. The number of amides is 2. The number of phenolic OH excluding ortho intramolecular Hbond substituents is 1. The highest BCUT2D eigenvalue weighted by molar-refractivity contribution is 6.05. The Hall–Kier alpha value is -3.34. The van der Waals surface area contributed by atoms with E-state index in [1.54, 1.807) is 17.0 Å². The van der Waals surface area contributed by atoms with Crippen LogP contribution in [0.1, 0.15) is 42.6 Å². The van der Waals surface area contributed by atoms with Crippen molar-refractivity contribution in [2.24, 2.45) is 0 Å². The summed E-state index contributed by atoms with van der Waals surface area (Å²) in [6.07, 6.45) is 1.39. The van der Waals surface area contributed by atoms with Gasteiger partial charge in [-0.1, -0.05) is 74.5 Å². The molecule has 1 saturated heterocycles. The van der Waals surface area contributed by atoms with Crippen molar-refractivity contribution in [1.82, 2.24) is 10.2 Å². The Labute approximate surface area is 182 Å². The fourth-order valence-electron chi connectivity index (χ4n) is 4.28. The van der Waals surface area contributed by atoms with Gasteiger partial charge in [-0.3, -0.25) is 9.59 Å². The van der Waals surface area contributed by atoms with Crippen LogP contribution in [0.2, 0.25) is 0 Å². The van der Waals surface area contributed by atoms with Crippen molar-refractivity contribution in [1.29, 1.82) is 0 Å². The molecule has 1 fully saturated rings.